The number of benzene rings is 3. The van der Waals surface area contributed by atoms with E-state index in [9.17, 15) is 0 Å². The van der Waals surface area contributed by atoms with Crippen LogP contribution in [0.1, 0.15) is 33.4 Å². The normalized spacial score (nSPS) is 11.7. The molecule has 0 unspecified atom stereocenters. The molecule has 0 amide bonds. The minimum absolute atomic E-state index is 1.33. The quantitative estimate of drug-likeness (QED) is 0.481. The monoisotopic (exact) mass is 468 g/mol. The average molecular weight is 468 g/mol. The van der Waals surface area contributed by atoms with Gasteiger partial charge in [0.15, 0.2) is 0 Å². The van der Waals surface area contributed by atoms with E-state index in [2.05, 4.69) is 110 Å². The molecule has 2 heteroatoms. The first-order valence-corrected chi connectivity index (χ1v) is 17.2. The fourth-order valence-electron chi connectivity index (χ4n) is 3.76. The van der Waals surface area contributed by atoms with Gasteiger partial charge in [-0.15, -0.1) is 0 Å². The van der Waals surface area contributed by atoms with E-state index in [0.717, 1.165) is 0 Å². The summed E-state index contributed by atoms with van der Waals surface area (Å²) in [6.45, 7) is 13.4. The third-order valence-corrected chi connectivity index (χ3v) is 20.0. The molecular formula is C24H27BrGe. The van der Waals surface area contributed by atoms with E-state index in [-0.39, 0.29) is 0 Å². The Morgan fingerprint density at radius 3 is 1.04 bits per heavy atom. The second kappa shape index (κ2) is 7.36. The van der Waals surface area contributed by atoms with Gasteiger partial charge in [-0.2, -0.15) is 0 Å². The van der Waals surface area contributed by atoms with Gasteiger partial charge >= 0.3 is 168 Å². The van der Waals surface area contributed by atoms with Gasteiger partial charge in [0, 0.05) is 0 Å². The van der Waals surface area contributed by atoms with Crippen LogP contribution in [0.4, 0.5) is 0 Å². The third kappa shape index (κ3) is 3.44. The zero-order valence-electron chi connectivity index (χ0n) is 16.6. The van der Waals surface area contributed by atoms with Crippen LogP contribution in [0.5, 0.6) is 0 Å². The molecule has 0 fully saturated rings. The molecule has 3 rings (SSSR count). The second-order valence-electron chi connectivity index (χ2n) is 7.61. The minimum atomic E-state index is -2.97. The van der Waals surface area contributed by atoms with Crippen LogP contribution < -0.4 is 13.2 Å². The molecule has 0 aromatic heterocycles. The second-order valence-corrected chi connectivity index (χ2v) is 19.9. The fourth-order valence-corrected chi connectivity index (χ4v) is 18.9. The summed E-state index contributed by atoms with van der Waals surface area (Å²) in [6, 6.07) is 20.7. The summed E-state index contributed by atoms with van der Waals surface area (Å²) >= 11 is 1.48. The van der Waals surface area contributed by atoms with Crippen LogP contribution in [0.25, 0.3) is 0 Å². The third-order valence-electron chi connectivity index (χ3n) is 5.29. The molecule has 0 atom stereocenters. The molecular weight excluding hydrogens is 441 g/mol. The summed E-state index contributed by atoms with van der Waals surface area (Å²) in [4.78, 5) is 0. The summed E-state index contributed by atoms with van der Waals surface area (Å²) < 4.78 is 4.52. The number of halogens is 1. The molecule has 0 spiro atoms. The van der Waals surface area contributed by atoms with Crippen LogP contribution in [0.3, 0.4) is 0 Å². The molecule has 3 aromatic rings. The van der Waals surface area contributed by atoms with E-state index in [1.807, 2.05) is 0 Å². The maximum absolute atomic E-state index is 4.45. The Morgan fingerprint density at radius 1 is 0.500 bits per heavy atom. The molecule has 0 nitrogen and oxygen atoms in total. The zero-order chi connectivity index (χ0) is 19.1. The Balaban J connectivity index is 2.45. The van der Waals surface area contributed by atoms with E-state index in [0.29, 0.717) is 0 Å². The van der Waals surface area contributed by atoms with Crippen LogP contribution in [0.15, 0.2) is 54.6 Å². The summed E-state index contributed by atoms with van der Waals surface area (Å²) in [5.41, 5.74) is 8.14. The zero-order valence-corrected chi connectivity index (χ0v) is 20.3. The van der Waals surface area contributed by atoms with E-state index in [4.69, 9.17) is 0 Å². The molecule has 0 heterocycles. The van der Waals surface area contributed by atoms with Crippen LogP contribution in [-0.2, 0) is 0 Å². The Bertz CT molecular complexity index is 847. The van der Waals surface area contributed by atoms with Crippen molar-refractivity contribution in [2.24, 2.45) is 0 Å². The van der Waals surface area contributed by atoms with Crippen molar-refractivity contribution < 1.29 is 0 Å². The van der Waals surface area contributed by atoms with Gasteiger partial charge in [0.25, 0.3) is 0 Å². The fraction of sp³-hybridized carbons (Fsp3) is 0.250. The van der Waals surface area contributed by atoms with Crippen molar-refractivity contribution in [3.8, 4) is 0 Å². The first-order chi connectivity index (χ1) is 12.2. The number of rotatable bonds is 3. The van der Waals surface area contributed by atoms with Crippen molar-refractivity contribution in [3.05, 3.63) is 88.0 Å². The molecule has 134 valence electrons. The number of hydrogen-bond donors (Lipinski definition) is 0. The van der Waals surface area contributed by atoms with E-state index < -0.39 is 11.4 Å². The molecule has 26 heavy (non-hydrogen) atoms. The predicted octanol–water partition coefficient (Wildman–Crippen LogP) is 4.90. The first-order valence-electron chi connectivity index (χ1n) is 9.15. The molecule has 0 aliphatic carbocycles. The van der Waals surface area contributed by atoms with Crippen molar-refractivity contribution in [2.45, 2.75) is 41.5 Å². The summed E-state index contributed by atoms with van der Waals surface area (Å²) in [5, 5.41) is 0. The van der Waals surface area contributed by atoms with Crippen molar-refractivity contribution in [1.29, 1.82) is 0 Å². The van der Waals surface area contributed by atoms with Gasteiger partial charge in [0.1, 0.15) is 0 Å². The van der Waals surface area contributed by atoms with Crippen molar-refractivity contribution in [3.63, 3.8) is 0 Å². The van der Waals surface area contributed by atoms with Gasteiger partial charge < -0.3 is 0 Å². The average Bonchev–Trinajstić information content (AvgIpc) is 2.60. The van der Waals surface area contributed by atoms with Gasteiger partial charge in [-0.25, -0.2) is 0 Å². The molecule has 0 saturated carbocycles. The number of hydrogen-bond acceptors (Lipinski definition) is 0. The maximum atomic E-state index is 4.45. The van der Waals surface area contributed by atoms with E-state index in [1.165, 1.54) is 46.6 Å². The van der Waals surface area contributed by atoms with Crippen molar-refractivity contribution >= 4 is 38.6 Å². The molecule has 0 aliphatic rings. The molecule has 0 N–H and O–H groups in total. The van der Waals surface area contributed by atoms with Crippen LogP contribution >= 0.6 is 14.0 Å². The molecule has 0 aliphatic heterocycles. The Labute approximate surface area is 167 Å². The topological polar surface area (TPSA) is 0 Å². The molecule has 3 aromatic carbocycles. The van der Waals surface area contributed by atoms with Crippen LogP contribution in [0.2, 0.25) is 0 Å². The Morgan fingerprint density at radius 2 is 0.769 bits per heavy atom. The Hall–Kier alpha value is -1.32. The van der Waals surface area contributed by atoms with Gasteiger partial charge in [0.05, 0.1) is 0 Å². The number of aryl methyl sites for hydroxylation is 6. The summed E-state index contributed by atoms with van der Waals surface area (Å²) in [6.07, 6.45) is 0. The van der Waals surface area contributed by atoms with Gasteiger partial charge in [-0.3, -0.25) is 0 Å². The summed E-state index contributed by atoms with van der Waals surface area (Å²) in [7, 11) is 0. The molecule has 0 radical (unpaired) electrons. The molecule has 0 bridgehead atoms. The van der Waals surface area contributed by atoms with Crippen molar-refractivity contribution in [1.82, 2.24) is 0 Å². The predicted molar refractivity (Wildman–Crippen MR) is 121 cm³/mol. The van der Waals surface area contributed by atoms with Crippen LogP contribution in [-0.4, -0.2) is 11.4 Å². The van der Waals surface area contributed by atoms with Crippen LogP contribution in [0, 0.1) is 41.5 Å². The molecule has 0 saturated heterocycles. The van der Waals surface area contributed by atoms with Gasteiger partial charge in [-0.05, 0) is 0 Å². The standard InChI is InChI=1S/C24H27BrGe/c1-16-7-10-19(4)22(13-16)26(25,23-14-17(2)8-11-20(23)5)24-15-18(3)9-12-21(24)6/h7-15H,1-6H3. The first kappa shape index (κ1) is 19.4. The van der Waals surface area contributed by atoms with Gasteiger partial charge in [0.2, 0.25) is 0 Å². The summed E-state index contributed by atoms with van der Waals surface area (Å²) in [5.74, 6) is 0. The van der Waals surface area contributed by atoms with E-state index >= 15 is 0 Å². The Kier molecular flexibility index (Phi) is 5.51. The van der Waals surface area contributed by atoms with Crippen molar-refractivity contribution in [2.75, 3.05) is 0 Å². The van der Waals surface area contributed by atoms with E-state index in [1.54, 1.807) is 0 Å². The van der Waals surface area contributed by atoms with Gasteiger partial charge in [-0.1, -0.05) is 0 Å². The SMILES string of the molecule is Cc1ccc(C)[c]([Ge]([Br])([c]2cc(C)ccc2C)[c]2cc(C)ccc2C)c1.